The van der Waals surface area contributed by atoms with E-state index in [0.29, 0.717) is 36.3 Å². The molecule has 1 amide bonds. The molecule has 1 aromatic carbocycles. The van der Waals surface area contributed by atoms with Crippen LogP contribution in [0.4, 0.5) is 0 Å². The number of imidazole rings is 1. The Kier molecular flexibility index (Phi) is 7.51. The number of carbonyl (C=O) groups excluding carboxylic acids is 1. The van der Waals surface area contributed by atoms with Crippen LogP contribution in [0.15, 0.2) is 23.1 Å². The Morgan fingerprint density at radius 2 is 1.81 bits per heavy atom. The maximum absolute atomic E-state index is 13.0. The van der Waals surface area contributed by atoms with Crippen molar-refractivity contribution < 1.29 is 13.2 Å². The summed E-state index contributed by atoms with van der Waals surface area (Å²) < 4.78 is 29.5. The molecule has 1 saturated carbocycles. The van der Waals surface area contributed by atoms with Gasteiger partial charge in [0.2, 0.25) is 15.9 Å². The number of nitrogens with zero attached hydrogens (tertiary/aromatic N) is 3. The number of benzene rings is 1. The number of hydrogen-bond donors (Lipinski definition) is 1. The minimum absolute atomic E-state index is 0.0567. The molecule has 7 nitrogen and oxygen atoms in total. The molecule has 0 atom stereocenters. The predicted octanol–water partition coefficient (Wildman–Crippen LogP) is 3.77. The van der Waals surface area contributed by atoms with Gasteiger partial charge in [0.25, 0.3) is 0 Å². The maximum Gasteiger partial charge on any atom is 0.243 e. The van der Waals surface area contributed by atoms with Crippen molar-refractivity contribution in [3.63, 3.8) is 0 Å². The summed E-state index contributed by atoms with van der Waals surface area (Å²) in [4.78, 5) is 17.3. The molecule has 1 aromatic heterocycles. The zero-order valence-corrected chi connectivity index (χ0v) is 20.0. The van der Waals surface area contributed by atoms with Crippen molar-refractivity contribution in [3.8, 4) is 0 Å². The summed E-state index contributed by atoms with van der Waals surface area (Å²) in [6.07, 6.45) is 11.5. The van der Waals surface area contributed by atoms with Crippen LogP contribution in [0.1, 0.15) is 70.0 Å². The van der Waals surface area contributed by atoms with Crippen molar-refractivity contribution in [1.82, 2.24) is 19.2 Å². The van der Waals surface area contributed by atoms with Crippen LogP contribution in [-0.4, -0.2) is 47.8 Å². The highest BCUT2D eigenvalue weighted by Crippen LogP contribution is 2.26. The number of piperidine rings is 1. The highest BCUT2D eigenvalue weighted by molar-refractivity contribution is 7.89. The van der Waals surface area contributed by atoms with Crippen LogP contribution in [0.2, 0.25) is 0 Å². The molecule has 2 heterocycles. The average Bonchev–Trinajstić information content (AvgIpc) is 3.14. The van der Waals surface area contributed by atoms with E-state index in [1.807, 2.05) is 17.7 Å². The highest BCUT2D eigenvalue weighted by Gasteiger charge is 2.26. The standard InChI is InChI=1S/C24H36N4O3S/c1-27-22-11-10-20(32(30,31)28-16-6-3-7-17-28)18-21(22)26-23(27)12-13-24(29)25-15-14-19-8-4-2-5-9-19/h10-11,18-19H,2-9,12-17H2,1H3,(H,25,29). The van der Waals surface area contributed by atoms with Gasteiger partial charge in [-0.2, -0.15) is 4.31 Å². The predicted molar refractivity (Wildman–Crippen MR) is 126 cm³/mol. The van der Waals surface area contributed by atoms with Gasteiger partial charge in [-0.15, -0.1) is 0 Å². The zero-order valence-electron chi connectivity index (χ0n) is 19.2. The second-order valence-corrected chi connectivity index (χ2v) is 11.3. The lowest BCUT2D eigenvalue weighted by Crippen LogP contribution is -2.35. The number of nitrogens with one attached hydrogen (secondary N) is 1. The molecule has 1 N–H and O–H groups in total. The van der Waals surface area contributed by atoms with Crippen molar-refractivity contribution in [3.05, 3.63) is 24.0 Å². The quantitative estimate of drug-likeness (QED) is 0.650. The summed E-state index contributed by atoms with van der Waals surface area (Å²) in [6.45, 7) is 1.93. The molecule has 32 heavy (non-hydrogen) atoms. The van der Waals surface area contributed by atoms with E-state index in [4.69, 9.17) is 0 Å². The smallest absolute Gasteiger partial charge is 0.243 e. The Hall–Kier alpha value is -1.93. The van der Waals surface area contributed by atoms with Crippen molar-refractivity contribution in [1.29, 1.82) is 0 Å². The maximum atomic E-state index is 13.0. The van der Waals surface area contributed by atoms with Crippen molar-refractivity contribution in [2.45, 2.75) is 75.5 Å². The molecular weight excluding hydrogens is 424 g/mol. The fourth-order valence-corrected chi connectivity index (χ4v) is 6.61. The van der Waals surface area contributed by atoms with Crippen molar-refractivity contribution in [2.24, 2.45) is 13.0 Å². The molecule has 1 saturated heterocycles. The summed E-state index contributed by atoms with van der Waals surface area (Å²) in [5.41, 5.74) is 1.55. The summed E-state index contributed by atoms with van der Waals surface area (Å²) >= 11 is 0. The SMILES string of the molecule is Cn1c(CCC(=O)NCCC2CCCCC2)nc2cc(S(=O)(=O)N3CCCCC3)ccc21. The van der Waals surface area contributed by atoms with Gasteiger partial charge in [-0.25, -0.2) is 13.4 Å². The highest BCUT2D eigenvalue weighted by atomic mass is 32.2. The van der Waals surface area contributed by atoms with Gasteiger partial charge in [-0.1, -0.05) is 38.5 Å². The van der Waals surface area contributed by atoms with Gasteiger partial charge in [-0.3, -0.25) is 4.79 Å². The number of hydrogen-bond acceptors (Lipinski definition) is 4. The molecule has 0 unspecified atom stereocenters. The summed E-state index contributed by atoms with van der Waals surface area (Å²) in [6, 6.07) is 5.18. The third-order valence-corrected chi connectivity index (χ3v) is 8.97. The third-order valence-electron chi connectivity index (χ3n) is 7.07. The lowest BCUT2D eigenvalue weighted by Gasteiger charge is -2.25. The van der Waals surface area contributed by atoms with Crippen LogP contribution in [0.5, 0.6) is 0 Å². The van der Waals surface area contributed by atoms with Crippen LogP contribution in [0.25, 0.3) is 11.0 Å². The molecule has 1 aliphatic carbocycles. The van der Waals surface area contributed by atoms with E-state index in [2.05, 4.69) is 10.3 Å². The molecule has 2 aromatic rings. The van der Waals surface area contributed by atoms with Crippen LogP contribution >= 0.6 is 0 Å². The minimum atomic E-state index is -3.48. The largest absolute Gasteiger partial charge is 0.356 e. The van der Waals surface area contributed by atoms with Gasteiger partial charge in [0.05, 0.1) is 15.9 Å². The van der Waals surface area contributed by atoms with Gasteiger partial charge < -0.3 is 9.88 Å². The second kappa shape index (κ2) is 10.3. The molecule has 0 bridgehead atoms. The van der Waals surface area contributed by atoms with Gasteiger partial charge in [0.1, 0.15) is 5.82 Å². The fourth-order valence-electron chi connectivity index (χ4n) is 5.07. The average molecular weight is 461 g/mol. The molecule has 2 fully saturated rings. The monoisotopic (exact) mass is 460 g/mol. The summed E-state index contributed by atoms with van der Waals surface area (Å²) in [7, 11) is -1.56. The van der Waals surface area contributed by atoms with E-state index < -0.39 is 10.0 Å². The number of sulfonamides is 1. The van der Waals surface area contributed by atoms with Gasteiger partial charge >= 0.3 is 0 Å². The molecule has 176 valence electrons. The first-order valence-electron chi connectivity index (χ1n) is 12.2. The summed E-state index contributed by atoms with van der Waals surface area (Å²) in [5.74, 6) is 1.62. The van der Waals surface area contributed by atoms with Gasteiger partial charge in [0, 0.05) is 39.5 Å². The number of rotatable bonds is 8. The Morgan fingerprint density at radius 3 is 2.56 bits per heavy atom. The number of aromatic nitrogens is 2. The Labute approximate surface area is 191 Å². The van der Waals surface area contributed by atoms with Crippen LogP contribution in [0.3, 0.4) is 0 Å². The van der Waals surface area contributed by atoms with E-state index in [0.717, 1.165) is 49.5 Å². The molecule has 8 heteroatoms. The first-order chi connectivity index (χ1) is 15.4. The van der Waals surface area contributed by atoms with Gasteiger partial charge in [-0.05, 0) is 43.4 Å². The number of carbonyl (C=O) groups is 1. The topological polar surface area (TPSA) is 84.3 Å². The molecule has 0 radical (unpaired) electrons. The number of amides is 1. The van der Waals surface area contributed by atoms with E-state index in [1.54, 1.807) is 16.4 Å². The van der Waals surface area contributed by atoms with Crippen LogP contribution in [-0.2, 0) is 28.3 Å². The lowest BCUT2D eigenvalue weighted by atomic mass is 9.87. The molecule has 2 aliphatic rings. The van der Waals surface area contributed by atoms with E-state index >= 15 is 0 Å². The number of fused-ring (bicyclic) bond motifs is 1. The first kappa shape index (κ1) is 23.2. The third kappa shape index (κ3) is 5.34. The Morgan fingerprint density at radius 1 is 1.09 bits per heavy atom. The lowest BCUT2D eigenvalue weighted by molar-refractivity contribution is -0.121. The molecule has 4 rings (SSSR count). The molecular formula is C24H36N4O3S. The Balaban J connectivity index is 1.36. The van der Waals surface area contributed by atoms with E-state index in [9.17, 15) is 13.2 Å². The molecule has 1 aliphatic heterocycles. The van der Waals surface area contributed by atoms with Crippen LogP contribution in [0, 0.1) is 5.92 Å². The van der Waals surface area contributed by atoms with Gasteiger partial charge in [0.15, 0.2) is 0 Å². The van der Waals surface area contributed by atoms with E-state index in [-0.39, 0.29) is 5.91 Å². The zero-order chi connectivity index (χ0) is 22.6. The van der Waals surface area contributed by atoms with Crippen molar-refractivity contribution in [2.75, 3.05) is 19.6 Å². The summed E-state index contributed by atoms with van der Waals surface area (Å²) in [5, 5.41) is 3.06. The fraction of sp³-hybridized carbons (Fsp3) is 0.667. The van der Waals surface area contributed by atoms with E-state index in [1.165, 1.54) is 32.1 Å². The first-order valence-corrected chi connectivity index (χ1v) is 13.6. The Bertz CT molecular complexity index is 1030. The molecule has 0 spiro atoms. The second-order valence-electron chi connectivity index (χ2n) is 9.34. The normalized spacial score (nSPS) is 18.8. The van der Waals surface area contributed by atoms with Crippen molar-refractivity contribution >= 4 is 27.0 Å². The number of aryl methyl sites for hydroxylation is 2. The minimum Gasteiger partial charge on any atom is -0.356 e. The van der Waals surface area contributed by atoms with Crippen LogP contribution < -0.4 is 5.32 Å².